The van der Waals surface area contributed by atoms with Crippen LogP contribution >= 0.6 is 23.2 Å². The molecule has 2 atom stereocenters. The molecule has 0 amide bonds. The third-order valence-electron chi connectivity index (χ3n) is 5.01. The van der Waals surface area contributed by atoms with Crippen LogP contribution in [0.1, 0.15) is 37.4 Å². The number of hydrogen-bond donors (Lipinski definition) is 0. The molecular weight excluding hydrogens is 375 g/mol. The van der Waals surface area contributed by atoms with Gasteiger partial charge in [-0.05, 0) is 37.8 Å². The van der Waals surface area contributed by atoms with Crippen molar-refractivity contribution in [2.45, 2.75) is 37.9 Å². The molecule has 7 heteroatoms. The van der Waals surface area contributed by atoms with E-state index >= 15 is 0 Å². The number of likely N-dealkylation sites (tertiary alicyclic amines) is 1. The fourth-order valence-electron chi connectivity index (χ4n) is 3.60. The van der Waals surface area contributed by atoms with Crippen LogP contribution in [-0.2, 0) is 14.3 Å². The van der Waals surface area contributed by atoms with E-state index in [9.17, 15) is 4.79 Å². The third kappa shape index (κ3) is 4.69. The van der Waals surface area contributed by atoms with Gasteiger partial charge in [0, 0.05) is 35.3 Å². The first kappa shape index (κ1) is 19.4. The van der Waals surface area contributed by atoms with Gasteiger partial charge in [0.25, 0.3) is 0 Å². The Bertz CT molecular complexity index is 684. The van der Waals surface area contributed by atoms with Crippen molar-refractivity contribution in [1.82, 2.24) is 4.90 Å². The lowest BCUT2D eigenvalue weighted by Gasteiger charge is -2.34. The van der Waals surface area contributed by atoms with Crippen LogP contribution < -0.4 is 0 Å². The minimum atomic E-state index is -0.403. The van der Waals surface area contributed by atoms with Gasteiger partial charge in [0.2, 0.25) is 0 Å². The summed E-state index contributed by atoms with van der Waals surface area (Å²) in [6.07, 6.45) is 2.55. The van der Waals surface area contributed by atoms with Gasteiger partial charge in [-0.1, -0.05) is 29.3 Å². The maximum atomic E-state index is 12.8. The molecule has 0 aliphatic carbocycles. The molecule has 2 aliphatic heterocycles. The van der Waals surface area contributed by atoms with Crippen LogP contribution in [-0.4, -0.2) is 43.2 Å². The van der Waals surface area contributed by atoms with Gasteiger partial charge in [-0.3, -0.25) is 9.69 Å². The molecule has 0 radical (unpaired) electrons. The topological polar surface area (TPSA) is 62.6 Å². The maximum Gasteiger partial charge on any atom is 0.312 e. The number of rotatable bonds is 4. The van der Waals surface area contributed by atoms with Gasteiger partial charge in [-0.25, -0.2) is 0 Å². The van der Waals surface area contributed by atoms with Gasteiger partial charge in [-0.15, -0.1) is 0 Å². The normalized spacial score (nSPS) is 24.8. The highest BCUT2D eigenvalue weighted by atomic mass is 35.5. The smallest absolute Gasteiger partial charge is 0.312 e. The molecule has 0 saturated carbocycles. The van der Waals surface area contributed by atoms with E-state index in [1.165, 1.54) is 0 Å². The molecular formula is C19H22Cl2N2O3. The molecule has 2 saturated heterocycles. The summed E-state index contributed by atoms with van der Waals surface area (Å²) in [6, 6.07) is 7.41. The van der Waals surface area contributed by atoms with Gasteiger partial charge in [0.1, 0.15) is 6.10 Å². The Morgan fingerprint density at radius 3 is 2.77 bits per heavy atom. The molecule has 0 unspecified atom stereocenters. The van der Waals surface area contributed by atoms with Gasteiger partial charge < -0.3 is 9.47 Å². The Labute approximate surface area is 163 Å². The molecule has 2 fully saturated rings. The highest BCUT2D eigenvalue weighted by Gasteiger charge is 2.37. The van der Waals surface area contributed by atoms with Crippen molar-refractivity contribution in [3.8, 4) is 6.07 Å². The van der Waals surface area contributed by atoms with E-state index < -0.39 is 6.10 Å². The zero-order chi connectivity index (χ0) is 18.5. The number of hydrogen-bond acceptors (Lipinski definition) is 5. The van der Waals surface area contributed by atoms with Gasteiger partial charge in [-0.2, -0.15) is 5.26 Å². The Morgan fingerprint density at radius 1 is 1.31 bits per heavy atom. The van der Waals surface area contributed by atoms with Crippen molar-refractivity contribution in [3.05, 3.63) is 33.8 Å². The SMILES string of the molecule is N#CCN1CCC(OC(=O)[C@@H]2CCCO[C@H]2c2ccc(Cl)cc2Cl)CC1. The number of nitrogens with zero attached hydrogens (tertiary/aromatic N) is 2. The summed E-state index contributed by atoms with van der Waals surface area (Å²) in [4.78, 5) is 14.9. The molecule has 2 aliphatic rings. The van der Waals surface area contributed by atoms with Gasteiger partial charge in [0.05, 0.1) is 24.6 Å². The minimum Gasteiger partial charge on any atom is -0.462 e. The highest BCUT2D eigenvalue weighted by molar-refractivity contribution is 6.35. The first-order valence-corrected chi connectivity index (χ1v) is 9.70. The zero-order valence-electron chi connectivity index (χ0n) is 14.5. The van der Waals surface area contributed by atoms with E-state index in [0.717, 1.165) is 44.3 Å². The third-order valence-corrected chi connectivity index (χ3v) is 5.57. The van der Waals surface area contributed by atoms with Crippen LogP contribution in [0.3, 0.4) is 0 Å². The van der Waals surface area contributed by atoms with Crippen LogP contribution in [0.5, 0.6) is 0 Å². The van der Waals surface area contributed by atoms with Crippen LogP contribution in [0, 0.1) is 17.2 Å². The molecule has 0 bridgehead atoms. The average Bonchev–Trinajstić information content (AvgIpc) is 2.64. The standard InChI is InChI=1S/C19H22Cl2N2O3/c20-13-3-4-15(17(21)12-13)18-16(2-1-11-25-18)19(24)26-14-5-8-23(9-6-14)10-7-22/h3-4,12,14,16,18H,1-2,5-6,8-11H2/t16-,18+/m1/s1. The largest absolute Gasteiger partial charge is 0.462 e. The number of halogens is 2. The number of esters is 1. The monoisotopic (exact) mass is 396 g/mol. The highest BCUT2D eigenvalue weighted by Crippen LogP contribution is 2.39. The molecule has 3 rings (SSSR count). The second kappa shape index (κ2) is 9.05. The fraction of sp³-hybridized carbons (Fsp3) is 0.579. The van der Waals surface area contributed by atoms with E-state index in [4.69, 9.17) is 37.9 Å². The lowest BCUT2D eigenvalue weighted by molar-refractivity contribution is -0.166. The molecule has 0 aromatic heterocycles. The Hall–Kier alpha value is -1.32. The number of nitriles is 1. The second-order valence-corrected chi connectivity index (χ2v) is 7.62. The summed E-state index contributed by atoms with van der Waals surface area (Å²) in [5.41, 5.74) is 0.779. The average molecular weight is 397 g/mol. The first-order valence-electron chi connectivity index (χ1n) is 8.95. The molecule has 1 aromatic rings. The number of carbonyl (C=O) groups excluding carboxylic acids is 1. The van der Waals surface area contributed by atoms with Crippen molar-refractivity contribution in [3.63, 3.8) is 0 Å². The van der Waals surface area contributed by atoms with E-state index in [0.29, 0.717) is 23.2 Å². The van der Waals surface area contributed by atoms with Crippen molar-refractivity contribution in [1.29, 1.82) is 5.26 Å². The first-order chi connectivity index (χ1) is 12.6. The summed E-state index contributed by atoms with van der Waals surface area (Å²) in [5.74, 6) is -0.584. The Balaban J connectivity index is 1.64. The van der Waals surface area contributed by atoms with E-state index in [-0.39, 0.29) is 18.0 Å². The van der Waals surface area contributed by atoms with E-state index in [1.807, 2.05) is 6.07 Å². The van der Waals surface area contributed by atoms with Crippen LogP contribution in [0.2, 0.25) is 10.0 Å². The lowest BCUT2D eigenvalue weighted by Crippen LogP contribution is -2.40. The molecule has 1 aromatic carbocycles. The molecule has 0 spiro atoms. The Kier molecular flexibility index (Phi) is 6.77. The summed E-state index contributed by atoms with van der Waals surface area (Å²) in [7, 11) is 0. The van der Waals surface area contributed by atoms with Crippen LogP contribution in [0.15, 0.2) is 18.2 Å². The number of benzene rings is 1. The maximum absolute atomic E-state index is 12.8. The summed E-state index contributed by atoms with van der Waals surface area (Å²) in [6.45, 7) is 2.58. The number of ether oxygens (including phenoxy) is 2. The Morgan fingerprint density at radius 2 is 2.08 bits per heavy atom. The van der Waals surface area contributed by atoms with E-state index in [1.54, 1.807) is 12.1 Å². The molecule has 5 nitrogen and oxygen atoms in total. The molecule has 26 heavy (non-hydrogen) atoms. The molecule has 2 heterocycles. The predicted octanol–water partition coefficient (Wildman–Crippen LogP) is 3.99. The fourth-order valence-corrected chi connectivity index (χ4v) is 4.11. The summed E-state index contributed by atoms with van der Waals surface area (Å²) < 4.78 is 11.7. The van der Waals surface area contributed by atoms with Crippen molar-refractivity contribution in [2.75, 3.05) is 26.2 Å². The predicted molar refractivity (Wildman–Crippen MR) is 99.0 cm³/mol. The summed E-state index contributed by atoms with van der Waals surface area (Å²) in [5, 5.41) is 9.83. The quantitative estimate of drug-likeness (QED) is 0.568. The van der Waals surface area contributed by atoms with Crippen molar-refractivity contribution >= 4 is 29.2 Å². The van der Waals surface area contributed by atoms with E-state index in [2.05, 4.69) is 11.0 Å². The van der Waals surface area contributed by atoms with Gasteiger partial charge >= 0.3 is 5.97 Å². The zero-order valence-corrected chi connectivity index (χ0v) is 16.0. The molecule has 140 valence electrons. The summed E-state index contributed by atoms with van der Waals surface area (Å²) >= 11 is 12.3. The van der Waals surface area contributed by atoms with Crippen molar-refractivity contribution < 1.29 is 14.3 Å². The minimum absolute atomic E-state index is 0.0966. The lowest BCUT2D eigenvalue weighted by atomic mass is 9.89. The molecule has 0 N–H and O–H groups in total. The van der Waals surface area contributed by atoms with Crippen LogP contribution in [0.25, 0.3) is 0 Å². The van der Waals surface area contributed by atoms with Crippen molar-refractivity contribution in [2.24, 2.45) is 5.92 Å². The van der Waals surface area contributed by atoms with Crippen LogP contribution in [0.4, 0.5) is 0 Å². The number of piperidine rings is 1. The second-order valence-electron chi connectivity index (χ2n) is 6.78. The number of carbonyl (C=O) groups is 1. The van der Waals surface area contributed by atoms with Gasteiger partial charge in [0.15, 0.2) is 0 Å².